The van der Waals surface area contributed by atoms with Gasteiger partial charge in [-0.15, -0.1) is 0 Å². The van der Waals surface area contributed by atoms with Crippen molar-refractivity contribution >= 4 is 11.7 Å². The van der Waals surface area contributed by atoms with Gasteiger partial charge in [-0.1, -0.05) is 6.07 Å². The SMILES string of the molecule is COC(=O)C(Nc1cccc(F)c1)c1cnccc1C. The van der Waals surface area contributed by atoms with Gasteiger partial charge in [-0.05, 0) is 36.8 Å². The second kappa shape index (κ2) is 6.14. The number of aromatic nitrogens is 1. The van der Waals surface area contributed by atoms with E-state index < -0.39 is 12.0 Å². The molecule has 0 aliphatic heterocycles. The van der Waals surface area contributed by atoms with Crippen LogP contribution in [0.2, 0.25) is 0 Å². The summed E-state index contributed by atoms with van der Waals surface area (Å²) < 4.78 is 18.0. The number of methoxy groups -OCH3 is 1. The zero-order chi connectivity index (χ0) is 14.5. The lowest BCUT2D eigenvalue weighted by atomic mass is 10.0. The van der Waals surface area contributed by atoms with Crippen LogP contribution in [0.3, 0.4) is 0 Å². The van der Waals surface area contributed by atoms with E-state index >= 15 is 0 Å². The van der Waals surface area contributed by atoms with Crippen LogP contribution in [0.5, 0.6) is 0 Å². The number of rotatable bonds is 4. The molecule has 2 rings (SSSR count). The summed E-state index contributed by atoms with van der Waals surface area (Å²) in [7, 11) is 1.31. The molecule has 20 heavy (non-hydrogen) atoms. The van der Waals surface area contributed by atoms with Crippen LogP contribution >= 0.6 is 0 Å². The summed E-state index contributed by atoms with van der Waals surface area (Å²) in [6, 6.07) is 7.00. The Kier molecular flexibility index (Phi) is 4.30. The van der Waals surface area contributed by atoms with Crippen molar-refractivity contribution in [3.63, 3.8) is 0 Å². The third kappa shape index (κ3) is 3.12. The molecule has 5 heteroatoms. The summed E-state index contributed by atoms with van der Waals surface area (Å²) >= 11 is 0. The third-order valence-corrected chi connectivity index (χ3v) is 2.96. The Bertz CT molecular complexity index is 616. The molecular formula is C15H15FN2O2. The number of carbonyl (C=O) groups is 1. The van der Waals surface area contributed by atoms with Crippen LogP contribution in [-0.2, 0) is 9.53 Å². The molecule has 0 radical (unpaired) electrons. The highest BCUT2D eigenvalue weighted by Crippen LogP contribution is 2.23. The fourth-order valence-electron chi connectivity index (χ4n) is 1.90. The van der Waals surface area contributed by atoms with Crippen molar-refractivity contribution in [3.8, 4) is 0 Å². The van der Waals surface area contributed by atoms with Crippen molar-refractivity contribution in [1.29, 1.82) is 0 Å². The van der Waals surface area contributed by atoms with Crippen molar-refractivity contribution in [1.82, 2.24) is 4.98 Å². The van der Waals surface area contributed by atoms with Gasteiger partial charge in [0.25, 0.3) is 0 Å². The molecule has 0 fully saturated rings. The Morgan fingerprint density at radius 3 is 2.85 bits per heavy atom. The van der Waals surface area contributed by atoms with Crippen LogP contribution in [0.1, 0.15) is 17.2 Å². The van der Waals surface area contributed by atoms with E-state index in [0.717, 1.165) is 5.56 Å². The molecule has 104 valence electrons. The monoisotopic (exact) mass is 274 g/mol. The summed E-state index contributed by atoms with van der Waals surface area (Å²) in [5.74, 6) is -0.827. The summed E-state index contributed by atoms with van der Waals surface area (Å²) in [4.78, 5) is 16.0. The van der Waals surface area contributed by atoms with Crippen molar-refractivity contribution in [2.75, 3.05) is 12.4 Å². The molecule has 0 amide bonds. The van der Waals surface area contributed by atoms with E-state index in [4.69, 9.17) is 4.74 Å². The van der Waals surface area contributed by atoms with Crippen LogP contribution in [0.25, 0.3) is 0 Å². The molecule has 0 saturated carbocycles. The highest BCUT2D eigenvalue weighted by atomic mass is 19.1. The Balaban J connectivity index is 2.34. The molecule has 0 saturated heterocycles. The maximum Gasteiger partial charge on any atom is 0.333 e. The Morgan fingerprint density at radius 2 is 2.20 bits per heavy atom. The molecule has 1 aromatic heterocycles. The minimum Gasteiger partial charge on any atom is -0.467 e. The number of halogens is 1. The number of ether oxygens (including phenoxy) is 1. The van der Waals surface area contributed by atoms with Crippen LogP contribution < -0.4 is 5.32 Å². The lowest BCUT2D eigenvalue weighted by Gasteiger charge is -2.19. The topological polar surface area (TPSA) is 51.2 Å². The highest BCUT2D eigenvalue weighted by molar-refractivity contribution is 5.81. The minimum absolute atomic E-state index is 0.374. The number of pyridine rings is 1. The standard InChI is InChI=1S/C15H15FN2O2/c1-10-6-7-17-9-13(10)14(15(19)20-2)18-12-5-3-4-11(16)8-12/h3-9,14,18H,1-2H3. The van der Waals surface area contributed by atoms with Gasteiger partial charge in [-0.3, -0.25) is 4.98 Å². The fourth-order valence-corrected chi connectivity index (χ4v) is 1.90. The van der Waals surface area contributed by atoms with Crippen molar-refractivity contribution in [3.05, 3.63) is 59.7 Å². The Hall–Kier alpha value is -2.43. The molecule has 0 spiro atoms. The molecule has 1 N–H and O–H groups in total. The summed E-state index contributed by atoms with van der Waals surface area (Å²) in [6.07, 6.45) is 3.25. The second-order valence-corrected chi connectivity index (χ2v) is 4.34. The average molecular weight is 274 g/mol. The quantitative estimate of drug-likeness (QED) is 0.871. The highest BCUT2D eigenvalue weighted by Gasteiger charge is 2.23. The Morgan fingerprint density at radius 1 is 1.40 bits per heavy atom. The first-order valence-corrected chi connectivity index (χ1v) is 6.12. The summed E-state index contributed by atoms with van der Waals surface area (Å²) in [5, 5.41) is 2.97. The van der Waals surface area contributed by atoms with Gasteiger partial charge in [0.05, 0.1) is 7.11 Å². The van der Waals surface area contributed by atoms with Gasteiger partial charge in [0, 0.05) is 23.6 Å². The Labute approximate surface area is 116 Å². The number of carbonyl (C=O) groups excluding carboxylic acids is 1. The number of nitrogens with one attached hydrogen (secondary N) is 1. The number of esters is 1. The molecule has 1 atom stereocenters. The normalized spacial score (nSPS) is 11.8. The third-order valence-electron chi connectivity index (χ3n) is 2.96. The van der Waals surface area contributed by atoms with Gasteiger partial charge in [0.15, 0.2) is 6.04 Å². The smallest absolute Gasteiger partial charge is 0.333 e. The zero-order valence-electron chi connectivity index (χ0n) is 11.3. The lowest BCUT2D eigenvalue weighted by Crippen LogP contribution is -2.23. The summed E-state index contributed by atoms with van der Waals surface area (Å²) in [6.45, 7) is 1.88. The second-order valence-electron chi connectivity index (χ2n) is 4.34. The van der Waals surface area contributed by atoms with E-state index in [1.165, 1.54) is 19.2 Å². The molecule has 0 aliphatic carbocycles. The van der Waals surface area contributed by atoms with Crippen molar-refractivity contribution in [2.45, 2.75) is 13.0 Å². The largest absolute Gasteiger partial charge is 0.467 e. The van der Waals surface area contributed by atoms with Crippen LogP contribution in [0, 0.1) is 12.7 Å². The molecule has 1 unspecified atom stereocenters. The predicted molar refractivity (Wildman–Crippen MR) is 73.8 cm³/mol. The minimum atomic E-state index is -0.726. The van der Waals surface area contributed by atoms with Gasteiger partial charge in [0.2, 0.25) is 0 Å². The number of nitrogens with zero attached hydrogens (tertiary/aromatic N) is 1. The first kappa shape index (κ1) is 14.0. The van der Waals surface area contributed by atoms with E-state index in [0.29, 0.717) is 11.3 Å². The van der Waals surface area contributed by atoms with Gasteiger partial charge in [-0.25, -0.2) is 9.18 Å². The molecule has 4 nitrogen and oxygen atoms in total. The van der Waals surface area contributed by atoms with E-state index in [-0.39, 0.29) is 5.82 Å². The fraction of sp³-hybridized carbons (Fsp3) is 0.200. The number of anilines is 1. The van der Waals surface area contributed by atoms with Gasteiger partial charge in [-0.2, -0.15) is 0 Å². The maximum absolute atomic E-state index is 13.2. The average Bonchev–Trinajstić information content (AvgIpc) is 2.45. The van der Waals surface area contributed by atoms with Crippen LogP contribution in [0.4, 0.5) is 10.1 Å². The maximum atomic E-state index is 13.2. The van der Waals surface area contributed by atoms with Gasteiger partial charge >= 0.3 is 5.97 Å². The summed E-state index contributed by atoms with van der Waals surface area (Å²) in [5.41, 5.74) is 2.10. The number of aryl methyl sites for hydroxylation is 1. The molecular weight excluding hydrogens is 259 g/mol. The van der Waals surface area contributed by atoms with E-state index in [1.807, 2.05) is 6.92 Å². The van der Waals surface area contributed by atoms with Crippen molar-refractivity contribution < 1.29 is 13.9 Å². The van der Waals surface area contributed by atoms with E-state index in [9.17, 15) is 9.18 Å². The van der Waals surface area contributed by atoms with Gasteiger partial charge in [0.1, 0.15) is 5.82 Å². The van der Waals surface area contributed by atoms with E-state index in [1.54, 1.807) is 30.6 Å². The molecule has 1 heterocycles. The van der Waals surface area contributed by atoms with Crippen molar-refractivity contribution in [2.24, 2.45) is 0 Å². The van der Waals surface area contributed by atoms with Gasteiger partial charge < -0.3 is 10.1 Å². The van der Waals surface area contributed by atoms with E-state index in [2.05, 4.69) is 10.3 Å². The number of hydrogen-bond acceptors (Lipinski definition) is 4. The van der Waals surface area contributed by atoms with Crippen LogP contribution in [-0.4, -0.2) is 18.1 Å². The number of hydrogen-bond donors (Lipinski definition) is 1. The first-order valence-electron chi connectivity index (χ1n) is 6.12. The molecule has 0 bridgehead atoms. The molecule has 0 aliphatic rings. The van der Waals surface area contributed by atoms with Crippen LogP contribution in [0.15, 0.2) is 42.7 Å². The number of benzene rings is 1. The predicted octanol–water partition coefficient (Wildman–Crippen LogP) is 2.86. The first-order chi connectivity index (χ1) is 9.61. The molecule has 2 aromatic rings. The zero-order valence-corrected chi connectivity index (χ0v) is 11.3. The molecule has 1 aromatic carbocycles. The lowest BCUT2D eigenvalue weighted by molar-refractivity contribution is -0.141.